The normalized spacial score (nSPS) is 11.7. The van der Waals surface area contributed by atoms with Gasteiger partial charge in [0.25, 0.3) is 0 Å². The van der Waals surface area contributed by atoms with E-state index in [1.807, 2.05) is 12.1 Å². The predicted octanol–water partition coefficient (Wildman–Crippen LogP) is 2.89. The lowest BCUT2D eigenvalue weighted by atomic mass is 10.0. The minimum Gasteiger partial charge on any atom is -0.508 e. The molecule has 0 unspecified atom stereocenters. The zero-order valence-corrected chi connectivity index (χ0v) is 10.0. The van der Waals surface area contributed by atoms with Crippen LogP contribution < -0.4 is 5.32 Å². The summed E-state index contributed by atoms with van der Waals surface area (Å²) in [6.07, 6.45) is 0.924. The minimum atomic E-state index is 0.0349. The molecule has 1 aromatic rings. The molecule has 0 aromatic heterocycles. The van der Waals surface area contributed by atoms with Crippen molar-refractivity contribution in [2.45, 2.75) is 32.4 Å². The van der Waals surface area contributed by atoms with Gasteiger partial charge in [0.1, 0.15) is 5.75 Å². The molecule has 0 heterocycles. The van der Waals surface area contributed by atoms with Crippen LogP contribution in [0.1, 0.15) is 25.8 Å². The van der Waals surface area contributed by atoms with E-state index in [1.165, 1.54) is 0 Å². The van der Waals surface area contributed by atoms with E-state index in [9.17, 15) is 5.11 Å². The van der Waals surface area contributed by atoms with E-state index < -0.39 is 0 Å². The van der Waals surface area contributed by atoms with Crippen molar-refractivity contribution in [2.75, 3.05) is 5.88 Å². The van der Waals surface area contributed by atoms with Crippen molar-refractivity contribution in [3.05, 3.63) is 29.8 Å². The van der Waals surface area contributed by atoms with E-state index in [2.05, 4.69) is 19.2 Å². The van der Waals surface area contributed by atoms with Crippen molar-refractivity contribution in [2.24, 2.45) is 0 Å². The Labute approximate surface area is 96.3 Å². The van der Waals surface area contributed by atoms with Crippen LogP contribution in [0.4, 0.5) is 0 Å². The smallest absolute Gasteiger partial charge is 0.115 e. The molecule has 15 heavy (non-hydrogen) atoms. The first kappa shape index (κ1) is 12.3. The third kappa shape index (κ3) is 4.54. The van der Waals surface area contributed by atoms with Crippen molar-refractivity contribution < 1.29 is 5.11 Å². The van der Waals surface area contributed by atoms with Gasteiger partial charge in [-0.2, -0.15) is 0 Å². The van der Waals surface area contributed by atoms with Gasteiger partial charge in [-0.25, -0.2) is 0 Å². The Morgan fingerprint density at radius 2 is 2.13 bits per heavy atom. The third-order valence-electron chi connectivity index (χ3n) is 2.40. The molecule has 0 aliphatic heterocycles. The fourth-order valence-electron chi connectivity index (χ4n) is 1.33. The summed E-state index contributed by atoms with van der Waals surface area (Å²) in [5.41, 5.74) is 1.12. The van der Waals surface area contributed by atoms with E-state index in [0.29, 0.717) is 11.6 Å². The molecule has 84 valence electrons. The zero-order chi connectivity index (χ0) is 11.3. The number of phenolic OH excluding ortho intramolecular Hbond substituents is 1. The van der Waals surface area contributed by atoms with Crippen LogP contribution in [0.15, 0.2) is 24.3 Å². The number of alkyl halides is 1. The van der Waals surface area contributed by atoms with Crippen LogP contribution in [0.2, 0.25) is 0 Å². The van der Waals surface area contributed by atoms with E-state index in [1.54, 1.807) is 12.1 Å². The van der Waals surface area contributed by atoms with Crippen LogP contribution in [-0.4, -0.2) is 16.5 Å². The van der Waals surface area contributed by atoms with Gasteiger partial charge in [0.2, 0.25) is 0 Å². The molecule has 0 aliphatic carbocycles. The first-order valence-corrected chi connectivity index (χ1v) is 5.66. The number of benzene rings is 1. The first-order chi connectivity index (χ1) is 7.03. The van der Waals surface area contributed by atoms with E-state index in [-0.39, 0.29) is 5.54 Å². The average molecular weight is 228 g/mol. The summed E-state index contributed by atoms with van der Waals surface area (Å²) in [7, 11) is 0. The van der Waals surface area contributed by atoms with E-state index in [4.69, 9.17) is 11.6 Å². The Hall–Kier alpha value is -0.730. The summed E-state index contributed by atoms with van der Waals surface area (Å²) in [5.74, 6) is 0.962. The number of hydrogen-bond acceptors (Lipinski definition) is 2. The highest BCUT2D eigenvalue weighted by Gasteiger charge is 2.15. The predicted molar refractivity (Wildman–Crippen MR) is 64.4 cm³/mol. The number of hydrogen-bond donors (Lipinski definition) is 2. The molecule has 1 rings (SSSR count). The van der Waals surface area contributed by atoms with Crippen LogP contribution in [0.25, 0.3) is 0 Å². The number of rotatable bonds is 5. The third-order valence-corrected chi connectivity index (χ3v) is 2.59. The quantitative estimate of drug-likeness (QED) is 0.759. The SMILES string of the molecule is CC(C)(CCCl)NCc1cccc(O)c1. The van der Waals surface area contributed by atoms with Gasteiger partial charge in [0.05, 0.1) is 0 Å². The lowest BCUT2D eigenvalue weighted by molar-refractivity contribution is 0.376. The maximum atomic E-state index is 9.30. The molecule has 0 amide bonds. The van der Waals surface area contributed by atoms with Crippen LogP contribution in [-0.2, 0) is 6.54 Å². The highest BCUT2D eigenvalue weighted by molar-refractivity contribution is 6.17. The second-order valence-corrected chi connectivity index (χ2v) is 4.72. The lowest BCUT2D eigenvalue weighted by Gasteiger charge is -2.25. The van der Waals surface area contributed by atoms with Crippen molar-refractivity contribution in [1.82, 2.24) is 5.32 Å². The minimum absolute atomic E-state index is 0.0349. The van der Waals surface area contributed by atoms with Crippen molar-refractivity contribution in [3.63, 3.8) is 0 Å². The molecule has 0 spiro atoms. The molecular formula is C12H18ClNO. The van der Waals surface area contributed by atoms with Crippen LogP contribution >= 0.6 is 11.6 Å². The zero-order valence-electron chi connectivity index (χ0n) is 9.26. The maximum absolute atomic E-state index is 9.30. The average Bonchev–Trinajstić information content (AvgIpc) is 2.15. The standard InChI is InChI=1S/C12H18ClNO/c1-12(2,6-7-13)14-9-10-4-3-5-11(15)8-10/h3-5,8,14-15H,6-7,9H2,1-2H3. The van der Waals surface area contributed by atoms with Gasteiger partial charge in [-0.1, -0.05) is 12.1 Å². The summed E-state index contributed by atoms with van der Waals surface area (Å²) >= 11 is 5.71. The Kier molecular flexibility index (Phi) is 4.43. The van der Waals surface area contributed by atoms with Crippen LogP contribution in [0.3, 0.4) is 0 Å². The summed E-state index contributed by atoms with van der Waals surface area (Å²) in [4.78, 5) is 0. The molecule has 0 saturated heterocycles. The summed E-state index contributed by atoms with van der Waals surface area (Å²) in [5, 5.41) is 12.7. The van der Waals surface area contributed by atoms with Gasteiger partial charge >= 0.3 is 0 Å². The Morgan fingerprint density at radius 3 is 2.73 bits per heavy atom. The molecule has 0 bridgehead atoms. The number of nitrogens with one attached hydrogen (secondary N) is 1. The molecule has 3 heteroatoms. The fourth-order valence-corrected chi connectivity index (χ4v) is 1.80. The van der Waals surface area contributed by atoms with Crippen molar-refractivity contribution >= 4 is 11.6 Å². The Morgan fingerprint density at radius 1 is 1.40 bits per heavy atom. The summed E-state index contributed by atoms with van der Waals surface area (Å²) in [6.45, 7) is 4.99. The highest BCUT2D eigenvalue weighted by atomic mass is 35.5. The van der Waals surface area contributed by atoms with Crippen LogP contribution in [0.5, 0.6) is 5.75 Å². The van der Waals surface area contributed by atoms with Gasteiger partial charge in [-0.05, 0) is 38.0 Å². The molecule has 2 nitrogen and oxygen atoms in total. The first-order valence-electron chi connectivity index (χ1n) is 5.12. The molecule has 2 N–H and O–H groups in total. The van der Waals surface area contributed by atoms with Gasteiger partial charge in [0.15, 0.2) is 0 Å². The maximum Gasteiger partial charge on any atom is 0.115 e. The van der Waals surface area contributed by atoms with E-state index >= 15 is 0 Å². The fraction of sp³-hybridized carbons (Fsp3) is 0.500. The molecule has 1 aromatic carbocycles. The highest BCUT2D eigenvalue weighted by Crippen LogP contribution is 2.14. The van der Waals surface area contributed by atoms with Gasteiger partial charge in [-0.3, -0.25) is 0 Å². The molecule has 0 fully saturated rings. The van der Waals surface area contributed by atoms with Gasteiger partial charge in [0, 0.05) is 18.0 Å². The van der Waals surface area contributed by atoms with Crippen molar-refractivity contribution in [1.29, 1.82) is 0 Å². The second-order valence-electron chi connectivity index (χ2n) is 4.35. The summed E-state index contributed by atoms with van der Waals surface area (Å²) < 4.78 is 0. The van der Waals surface area contributed by atoms with Crippen molar-refractivity contribution in [3.8, 4) is 5.75 Å². The molecule has 0 atom stereocenters. The summed E-state index contributed by atoms with van der Waals surface area (Å²) in [6, 6.07) is 7.28. The van der Waals surface area contributed by atoms with Gasteiger partial charge < -0.3 is 10.4 Å². The van der Waals surface area contributed by atoms with Gasteiger partial charge in [-0.15, -0.1) is 11.6 Å². The van der Waals surface area contributed by atoms with E-state index in [0.717, 1.165) is 18.5 Å². The molecular weight excluding hydrogens is 210 g/mol. The number of aromatic hydroxyl groups is 1. The number of halogens is 1. The molecule has 0 aliphatic rings. The second kappa shape index (κ2) is 5.38. The Balaban J connectivity index is 2.49. The topological polar surface area (TPSA) is 32.3 Å². The molecule has 0 radical (unpaired) electrons. The monoisotopic (exact) mass is 227 g/mol. The largest absolute Gasteiger partial charge is 0.508 e. The lowest BCUT2D eigenvalue weighted by Crippen LogP contribution is -2.38. The molecule has 0 saturated carbocycles. The Bertz CT molecular complexity index is 312. The number of phenols is 1. The van der Waals surface area contributed by atoms with Crippen LogP contribution in [0, 0.1) is 0 Å².